The Morgan fingerprint density at radius 1 is 1.14 bits per heavy atom. The molecular formula is C14H13ClN2O4. The third-order valence-electron chi connectivity index (χ3n) is 4.16. The lowest BCUT2D eigenvalue weighted by atomic mass is 9.97. The number of benzene rings is 1. The van der Waals surface area contributed by atoms with Gasteiger partial charge in [-0.15, -0.1) is 0 Å². The van der Waals surface area contributed by atoms with Crippen molar-refractivity contribution in [2.45, 2.75) is 12.1 Å². The van der Waals surface area contributed by atoms with E-state index < -0.39 is 12.0 Å². The number of nitrogens with zero attached hydrogens (tertiary/aromatic N) is 2. The van der Waals surface area contributed by atoms with E-state index in [1.165, 1.54) is 4.90 Å². The maximum absolute atomic E-state index is 12.6. The van der Waals surface area contributed by atoms with Crippen molar-refractivity contribution in [2.75, 3.05) is 24.7 Å². The number of hydrogen-bond donors (Lipinski definition) is 0. The number of fused-ring (bicyclic) bond motifs is 3. The molecule has 0 spiro atoms. The zero-order valence-corrected chi connectivity index (χ0v) is 11.8. The highest BCUT2D eigenvalue weighted by molar-refractivity contribution is 6.31. The van der Waals surface area contributed by atoms with Crippen LogP contribution in [-0.2, 0) is 19.2 Å². The van der Waals surface area contributed by atoms with Crippen LogP contribution in [0.5, 0.6) is 0 Å². The van der Waals surface area contributed by atoms with Crippen LogP contribution in [0.1, 0.15) is 0 Å². The molecule has 2 amide bonds. The second-order valence-electron chi connectivity index (χ2n) is 5.32. The number of morpholine rings is 1. The Bertz CT molecular complexity index is 605. The fourth-order valence-electron chi connectivity index (χ4n) is 3.16. The molecule has 0 bridgehead atoms. The van der Waals surface area contributed by atoms with E-state index in [2.05, 4.69) is 0 Å². The van der Waals surface area contributed by atoms with Crippen LogP contribution in [-0.4, -0.2) is 48.8 Å². The van der Waals surface area contributed by atoms with Crippen molar-refractivity contribution < 1.29 is 19.2 Å². The summed E-state index contributed by atoms with van der Waals surface area (Å²) in [7, 11) is 0. The Balaban J connectivity index is 1.66. The van der Waals surface area contributed by atoms with E-state index in [-0.39, 0.29) is 17.9 Å². The van der Waals surface area contributed by atoms with Crippen LogP contribution < -0.4 is 4.90 Å². The second-order valence-corrected chi connectivity index (χ2v) is 5.76. The van der Waals surface area contributed by atoms with Gasteiger partial charge in [-0.1, -0.05) is 11.6 Å². The summed E-state index contributed by atoms with van der Waals surface area (Å²) >= 11 is 5.84. The predicted octanol–water partition coefficient (Wildman–Crippen LogP) is 0.844. The first-order chi connectivity index (χ1) is 10.2. The molecule has 3 heterocycles. The summed E-state index contributed by atoms with van der Waals surface area (Å²) in [6.07, 6.45) is -0.736. The molecule has 0 unspecified atom stereocenters. The van der Waals surface area contributed by atoms with Crippen molar-refractivity contribution in [3.05, 3.63) is 29.3 Å². The van der Waals surface area contributed by atoms with Crippen molar-refractivity contribution >= 4 is 29.1 Å². The van der Waals surface area contributed by atoms with E-state index in [1.54, 1.807) is 29.3 Å². The first-order valence-electron chi connectivity index (χ1n) is 6.81. The highest BCUT2D eigenvalue weighted by Crippen LogP contribution is 2.39. The molecule has 0 radical (unpaired) electrons. The molecule has 3 aliphatic rings. The number of halogens is 1. The Morgan fingerprint density at radius 3 is 2.67 bits per heavy atom. The zero-order chi connectivity index (χ0) is 14.6. The molecule has 3 saturated heterocycles. The summed E-state index contributed by atoms with van der Waals surface area (Å²) in [5.41, 5.74) is 0.524. The average molecular weight is 309 g/mol. The molecule has 0 aromatic heterocycles. The maximum atomic E-state index is 12.6. The van der Waals surface area contributed by atoms with Gasteiger partial charge in [-0.2, -0.15) is 5.06 Å². The normalized spacial score (nSPS) is 32.4. The van der Waals surface area contributed by atoms with Gasteiger partial charge in [0.05, 0.1) is 30.9 Å². The van der Waals surface area contributed by atoms with Gasteiger partial charge < -0.3 is 4.74 Å². The number of amides is 2. The van der Waals surface area contributed by atoms with Crippen LogP contribution in [0, 0.1) is 5.92 Å². The lowest BCUT2D eigenvalue weighted by Gasteiger charge is -2.30. The van der Waals surface area contributed by atoms with Crippen LogP contribution in [0.3, 0.4) is 0 Å². The Hall–Kier alpha value is -1.47. The minimum Gasteiger partial charge on any atom is -0.378 e. The lowest BCUT2D eigenvalue weighted by molar-refractivity contribution is -0.197. The quantitative estimate of drug-likeness (QED) is 0.720. The maximum Gasteiger partial charge on any atom is 0.265 e. The fourth-order valence-corrected chi connectivity index (χ4v) is 3.28. The molecule has 110 valence electrons. The van der Waals surface area contributed by atoms with Crippen molar-refractivity contribution in [2.24, 2.45) is 5.92 Å². The van der Waals surface area contributed by atoms with Crippen molar-refractivity contribution in [3.63, 3.8) is 0 Å². The van der Waals surface area contributed by atoms with E-state index in [4.69, 9.17) is 21.2 Å². The largest absolute Gasteiger partial charge is 0.378 e. The minimum atomic E-state index is -0.736. The van der Waals surface area contributed by atoms with Crippen molar-refractivity contribution in [1.29, 1.82) is 0 Å². The van der Waals surface area contributed by atoms with Gasteiger partial charge in [0.1, 0.15) is 0 Å². The number of imide groups is 1. The SMILES string of the molecule is O=C1[C@H]2[C@H]3COCCN3O[C@H]2C(=O)N1c1ccc(Cl)cc1. The molecule has 0 saturated carbocycles. The first-order valence-corrected chi connectivity index (χ1v) is 7.19. The standard InChI is InChI=1S/C14H13ClN2O4/c15-8-1-3-9(4-2-8)17-13(18)11-10-7-20-6-5-16(10)21-12(11)14(17)19/h1-4,10-12H,5-7H2/t10-,11+,12-/m1/s1. The number of ether oxygens (including phenoxy) is 1. The summed E-state index contributed by atoms with van der Waals surface area (Å²) in [6.45, 7) is 1.55. The molecular weight excluding hydrogens is 296 g/mol. The molecule has 0 N–H and O–H groups in total. The van der Waals surface area contributed by atoms with E-state index in [0.717, 1.165) is 0 Å². The average Bonchev–Trinajstić information content (AvgIpc) is 2.98. The lowest BCUT2D eigenvalue weighted by Crippen LogP contribution is -2.46. The first kappa shape index (κ1) is 13.2. The summed E-state index contributed by atoms with van der Waals surface area (Å²) in [4.78, 5) is 32.0. The van der Waals surface area contributed by atoms with Gasteiger partial charge >= 0.3 is 0 Å². The van der Waals surface area contributed by atoms with Gasteiger partial charge in [0.15, 0.2) is 6.10 Å². The monoisotopic (exact) mass is 308 g/mol. The van der Waals surface area contributed by atoms with Gasteiger partial charge in [0.25, 0.3) is 5.91 Å². The molecule has 1 aromatic carbocycles. The molecule has 3 aliphatic heterocycles. The number of anilines is 1. The molecule has 6 nitrogen and oxygen atoms in total. The number of hydroxylamine groups is 2. The van der Waals surface area contributed by atoms with Crippen molar-refractivity contribution in [1.82, 2.24) is 5.06 Å². The second kappa shape index (κ2) is 4.78. The smallest absolute Gasteiger partial charge is 0.265 e. The zero-order valence-electron chi connectivity index (χ0n) is 11.1. The van der Waals surface area contributed by atoms with Gasteiger partial charge in [-0.25, -0.2) is 4.90 Å². The van der Waals surface area contributed by atoms with Crippen molar-refractivity contribution in [3.8, 4) is 0 Å². The van der Waals surface area contributed by atoms with Gasteiger partial charge in [-0.05, 0) is 24.3 Å². The Morgan fingerprint density at radius 2 is 1.90 bits per heavy atom. The van der Waals surface area contributed by atoms with Crippen LogP contribution in [0.25, 0.3) is 0 Å². The minimum absolute atomic E-state index is 0.183. The number of carbonyl (C=O) groups is 2. The van der Waals surface area contributed by atoms with Crippen LogP contribution in [0.4, 0.5) is 5.69 Å². The van der Waals surface area contributed by atoms with Crippen LogP contribution in [0.15, 0.2) is 24.3 Å². The number of hydrogen-bond acceptors (Lipinski definition) is 5. The highest BCUT2D eigenvalue weighted by atomic mass is 35.5. The Labute approximate surface area is 126 Å². The summed E-state index contributed by atoms with van der Waals surface area (Å²) < 4.78 is 5.41. The molecule has 4 rings (SSSR count). The molecule has 21 heavy (non-hydrogen) atoms. The molecule has 7 heteroatoms. The summed E-state index contributed by atoms with van der Waals surface area (Å²) in [5.74, 6) is -1.04. The number of rotatable bonds is 1. The topological polar surface area (TPSA) is 59.1 Å². The fraction of sp³-hybridized carbons (Fsp3) is 0.429. The summed E-state index contributed by atoms with van der Waals surface area (Å²) in [5, 5.41) is 2.27. The van der Waals surface area contributed by atoms with E-state index in [0.29, 0.717) is 30.5 Å². The van der Waals surface area contributed by atoms with Crippen LogP contribution >= 0.6 is 11.6 Å². The van der Waals surface area contributed by atoms with Gasteiger partial charge in [0.2, 0.25) is 5.91 Å². The third-order valence-corrected chi connectivity index (χ3v) is 4.41. The molecule has 1 aromatic rings. The Kier molecular flexibility index (Phi) is 3.00. The van der Waals surface area contributed by atoms with Gasteiger partial charge in [-0.3, -0.25) is 14.4 Å². The van der Waals surface area contributed by atoms with E-state index in [9.17, 15) is 9.59 Å². The van der Waals surface area contributed by atoms with Gasteiger partial charge in [0, 0.05) is 11.6 Å². The molecule has 0 aliphatic carbocycles. The number of carbonyl (C=O) groups excluding carboxylic acids is 2. The van der Waals surface area contributed by atoms with Crippen LogP contribution in [0.2, 0.25) is 5.02 Å². The highest BCUT2D eigenvalue weighted by Gasteiger charge is 2.60. The molecule has 3 atom stereocenters. The predicted molar refractivity (Wildman–Crippen MR) is 73.6 cm³/mol. The third kappa shape index (κ3) is 1.91. The molecule has 3 fully saturated rings. The summed E-state index contributed by atoms with van der Waals surface area (Å²) in [6, 6.07) is 6.45. The van der Waals surface area contributed by atoms with E-state index in [1.807, 2.05) is 0 Å². The van der Waals surface area contributed by atoms with E-state index >= 15 is 0 Å².